The van der Waals surface area contributed by atoms with Crippen LogP contribution in [0.2, 0.25) is 0 Å². The largest absolute Gasteiger partial charge is 0.454 e. The maximum absolute atomic E-state index is 12.1. The Balaban J connectivity index is 1.55. The molecule has 1 fully saturated rings. The molecule has 156 valence electrons. The summed E-state index contributed by atoms with van der Waals surface area (Å²) in [5, 5.41) is 14.1. The highest BCUT2D eigenvalue weighted by Crippen LogP contribution is 2.38. The lowest BCUT2D eigenvalue weighted by atomic mass is 9.78. The summed E-state index contributed by atoms with van der Waals surface area (Å²) in [6.07, 6.45) is 5.43. The van der Waals surface area contributed by atoms with Crippen LogP contribution in [-0.2, 0) is 14.3 Å². The second kappa shape index (κ2) is 8.93. The fourth-order valence-corrected chi connectivity index (χ4v) is 3.62. The lowest BCUT2D eigenvalue weighted by molar-refractivity contribution is -0.385. The van der Waals surface area contributed by atoms with Crippen LogP contribution in [0.5, 0.6) is 11.5 Å². The van der Waals surface area contributed by atoms with E-state index in [4.69, 9.17) is 14.2 Å². The Bertz CT molecular complexity index is 836. The maximum atomic E-state index is 12.1. The van der Waals surface area contributed by atoms with Gasteiger partial charge in [-0.1, -0.05) is 26.7 Å². The summed E-state index contributed by atoms with van der Waals surface area (Å²) in [6, 6.07) is 2.74. The number of amides is 1. The first kappa shape index (κ1) is 20.6. The van der Waals surface area contributed by atoms with Gasteiger partial charge in [0.15, 0.2) is 18.1 Å². The van der Waals surface area contributed by atoms with Gasteiger partial charge in [-0.25, -0.2) is 4.79 Å². The smallest absolute Gasteiger partial charge is 0.331 e. The SMILES string of the molecule is C[C@@H]1[C@H](C)CCC[C@@H]1NC(=O)COC(=O)/C=C/c1cc2c(cc1[N+](=O)[O-])OCO2. The molecule has 3 atom stereocenters. The van der Waals surface area contributed by atoms with Gasteiger partial charge in [0.1, 0.15) is 0 Å². The molecule has 0 aromatic heterocycles. The number of hydrogen-bond donors (Lipinski definition) is 1. The first-order valence-electron chi connectivity index (χ1n) is 9.57. The van der Waals surface area contributed by atoms with Crippen molar-refractivity contribution in [3.8, 4) is 11.5 Å². The molecule has 2 aliphatic rings. The number of rotatable bonds is 6. The Morgan fingerprint density at radius 3 is 2.72 bits per heavy atom. The van der Waals surface area contributed by atoms with E-state index in [-0.39, 0.29) is 35.7 Å². The van der Waals surface area contributed by atoms with Gasteiger partial charge >= 0.3 is 5.97 Å². The van der Waals surface area contributed by atoms with E-state index in [0.717, 1.165) is 25.3 Å². The number of nitrogens with one attached hydrogen (secondary N) is 1. The first-order valence-corrected chi connectivity index (χ1v) is 9.57. The molecule has 1 aromatic rings. The van der Waals surface area contributed by atoms with Gasteiger partial charge in [0.25, 0.3) is 11.6 Å². The number of nitro groups is 1. The molecule has 0 unspecified atom stereocenters. The van der Waals surface area contributed by atoms with Crippen molar-refractivity contribution < 1.29 is 28.7 Å². The molecule has 29 heavy (non-hydrogen) atoms. The monoisotopic (exact) mass is 404 g/mol. The van der Waals surface area contributed by atoms with Crippen LogP contribution in [0, 0.1) is 22.0 Å². The fourth-order valence-electron chi connectivity index (χ4n) is 3.62. The van der Waals surface area contributed by atoms with Crippen molar-refractivity contribution in [1.29, 1.82) is 0 Å². The number of fused-ring (bicyclic) bond motifs is 1. The molecule has 1 saturated carbocycles. The molecule has 1 aliphatic heterocycles. The molecule has 1 aliphatic carbocycles. The van der Waals surface area contributed by atoms with E-state index in [9.17, 15) is 19.7 Å². The third-order valence-corrected chi connectivity index (χ3v) is 5.52. The number of carbonyl (C=O) groups excluding carboxylic acids is 2. The third-order valence-electron chi connectivity index (χ3n) is 5.52. The minimum atomic E-state index is -0.767. The molecule has 1 aromatic carbocycles. The summed E-state index contributed by atoms with van der Waals surface area (Å²) in [6.45, 7) is 3.87. The standard InChI is InChI=1S/C20H24N2O7/c1-12-4-3-5-15(13(12)2)21-19(23)10-27-20(24)7-6-14-8-17-18(29-11-28-17)9-16(14)22(25)26/h6-9,12-13,15H,3-5,10-11H2,1-2H3,(H,21,23)/b7-6+/t12-,13-,15+/m1/s1. The predicted molar refractivity (Wildman–Crippen MR) is 103 cm³/mol. The van der Waals surface area contributed by atoms with Crippen LogP contribution in [0.4, 0.5) is 5.69 Å². The second-order valence-corrected chi connectivity index (χ2v) is 7.40. The van der Waals surface area contributed by atoms with Crippen LogP contribution in [0.1, 0.15) is 38.7 Å². The maximum Gasteiger partial charge on any atom is 0.331 e. The van der Waals surface area contributed by atoms with Gasteiger partial charge in [-0.15, -0.1) is 0 Å². The van der Waals surface area contributed by atoms with Crippen molar-refractivity contribution in [3.05, 3.63) is 33.9 Å². The van der Waals surface area contributed by atoms with Crippen molar-refractivity contribution >= 4 is 23.6 Å². The van der Waals surface area contributed by atoms with Gasteiger partial charge in [-0.2, -0.15) is 0 Å². The first-order chi connectivity index (χ1) is 13.8. The molecule has 1 N–H and O–H groups in total. The fraction of sp³-hybridized carbons (Fsp3) is 0.500. The number of carbonyl (C=O) groups is 2. The van der Waals surface area contributed by atoms with Crippen molar-refractivity contribution in [1.82, 2.24) is 5.32 Å². The van der Waals surface area contributed by atoms with E-state index in [2.05, 4.69) is 19.2 Å². The minimum absolute atomic E-state index is 0.0187. The summed E-state index contributed by atoms with van der Waals surface area (Å²) < 4.78 is 15.3. The normalized spacial score (nSPS) is 23.0. The average molecular weight is 404 g/mol. The highest BCUT2D eigenvalue weighted by Gasteiger charge is 2.28. The van der Waals surface area contributed by atoms with E-state index < -0.39 is 17.5 Å². The number of nitrogens with zero attached hydrogens (tertiary/aromatic N) is 1. The lowest BCUT2D eigenvalue weighted by Crippen LogP contribution is -2.45. The second-order valence-electron chi connectivity index (χ2n) is 7.40. The van der Waals surface area contributed by atoms with Crippen molar-refractivity contribution in [2.24, 2.45) is 11.8 Å². The molecular weight excluding hydrogens is 380 g/mol. The number of benzene rings is 1. The zero-order valence-corrected chi connectivity index (χ0v) is 16.4. The molecule has 0 radical (unpaired) electrons. The quantitative estimate of drug-likeness (QED) is 0.335. The summed E-state index contributed by atoms with van der Waals surface area (Å²) >= 11 is 0. The molecule has 1 heterocycles. The minimum Gasteiger partial charge on any atom is -0.454 e. The van der Waals surface area contributed by atoms with E-state index in [1.54, 1.807) is 0 Å². The van der Waals surface area contributed by atoms with Gasteiger partial charge in [0.2, 0.25) is 6.79 Å². The topological polar surface area (TPSA) is 117 Å². The van der Waals surface area contributed by atoms with Crippen molar-refractivity contribution in [3.63, 3.8) is 0 Å². The zero-order valence-electron chi connectivity index (χ0n) is 16.4. The lowest BCUT2D eigenvalue weighted by Gasteiger charge is -2.34. The predicted octanol–water partition coefficient (Wildman–Crippen LogP) is 2.82. The van der Waals surface area contributed by atoms with E-state index in [0.29, 0.717) is 17.6 Å². The average Bonchev–Trinajstić information content (AvgIpc) is 3.15. The summed E-state index contributed by atoms with van der Waals surface area (Å²) in [4.78, 5) is 34.7. The number of nitro benzene ring substituents is 1. The Morgan fingerprint density at radius 1 is 1.28 bits per heavy atom. The number of esters is 1. The van der Waals surface area contributed by atoms with Crippen molar-refractivity contribution in [2.75, 3.05) is 13.4 Å². The van der Waals surface area contributed by atoms with Gasteiger partial charge in [0.05, 0.1) is 16.6 Å². The van der Waals surface area contributed by atoms with Gasteiger partial charge in [-0.3, -0.25) is 14.9 Å². The molecular formula is C20H24N2O7. The Morgan fingerprint density at radius 2 is 2.00 bits per heavy atom. The number of hydrogen-bond acceptors (Lipinski definition) is 7. The molecule has 1 amide bonds. The molecule has 0 bridgehead atoms. The van der Waals surface area contributed by atoms with Crippen molar-refractivity contribution in [2.45, 2.75) is 39.2 Å². The molecule has 9 nitrogen and oxygen atoms in total. The van der Waals surface area contributed by atoms with Gasteiger partial charge < -0.3 is 19.5 Å². The summed E-state index contributed by atoms with van der Waals surface area (Å²) in [5.41, 5.74) is -0.0536. The molecule has 0 spiro atoms. The Labute approximate surface area is 168 Å². The Kier molecular flexibility index (Phi) is 6.36. The van der Waals surface area contributed by atoms with Gasteiger partial charge in [0, 0.05) is 12.1 Å². The van der Waals surface area contributed by atoms with Gasteiger partial charge in [-0.05, 0) is 30.4 Å². The molecule has 0 saturated heterocycles. The van der Waals surface area contributed by atoms with E-state index in [1.807, 2.05) is 0 Å². The highest BCUT2D eigenvalue weighted by molar-refractivity contribution is 5.90. The highest BCUT2D eigenvalue weighted by atomic mass is 16.7. The van der Waals surface area contributed by atoms with Crippen LogP contribution in [0.15, 0.2) is 18.2 Å². The van der Waals surface area contributed by atoms with Crippen LogP contribution in [0.25, 0.3) is 6.08 Å². The zero-order chi connectivity index (χ0) is 21.0. The van der Waals surface area contributed by atoms with Crippen LogP contribution < -0.4 is 14.8 Å². The van der Waals surface area contributed by atoms with Crippen LogP contribution in [0.3, 0.4) is 0 Å². The van der Waals surface area contributed by atoms with Crippen LogP contribution >= 0.6 is 0 Å². The summed E-state index contributed by atoms with van der Waals surface area (Å²) in [5.74, 6) is 0.425. The number of ether oxygens (including phenoxy) is 3. The van der Waals surface area contributed by atoms with E-state index in [1.165, 1.54) is 18.2 Å². The Hall–Kier alpha value is -3.10. The summed E-state index contributed by atoms with van der Waals surface area (Å²) in [7, 11) is 0. The third kappa shape index (κ3) is 5.04. The molecule has 3 rings (SSSR count). The van der Waals surface area contributed by atoms with E-state index >= 15 is 0 Å². The molecule has 9 heteroatoms. The van der Waals surface area contributed by atoms with Crippen LogP contribution in [-0.4, -0.2) is 36.2 Å².